The van der Waals surface area contributed by atoms with E-state index in [9.17, 15) is 5.11 Å². The van der Waals surface area contributed by atoms with E-state index in [2.05, 4.69) is 29.1 Å². The molecule has 4 nitrogen and oxygen atoms in total. The summed E-state index contributed by atoms with van der Waals surface area (Å²) in [5.41, 5.74) is 0.790. The van der Waals surface area contributed by atoms with Crippen LogP contribution in [0.25, 0.3) is 0 Å². The molecule has 19 heavy (non-hydrogen) atoms. The van der Waals surface area contributed by atoms with Gasteiger partial charge in [-0.25, -0.2) is 9.97 Å². The Morgan fingerprint density at radius 2 is 1.95 bits per heavy atom. The first-order chi connectivity index (χ1) is 9.04. The van der Waals surface area contributed by atoms with E-state index in [0.717, 1.165) is 30.2 Å². The lowest BCUT2D eigenvalue weighted by molar-refractivity contribution is 0.172. The van der Waals surface area contributed by atoms with Crippen LogP contribution in [0.2, 0.25) is 0 Å². The van der Waals surface area contributed by atoms with Gasteiger partial charge in [0.05, 0.1) is 12.1 Å². The van der Waals surface area contributed by atoms with E-state index in [1.54, 1.807) is 0 Å². The zero-order chi connectivity index (χ0) is 13.9. The van der Waals surface area contributed by atoms with Gasteiger partial charge in [0.25, 0.3) is 0 Å². The van der Waals surface area contributed by atoms with E-state index in [4.69, 9.17) is 0 Å². The van der Waals surface area contributed by atoms with Gasteiger partial charge in [-0.2, -0.15) is 0 Å². The van der Waals surface area contributed by atoms with Crippen molar-refractivity contribution >= 4 is 5.82 Å². The second kappa shape index (κ2) is 5.87. The van der Waals surface area contributed by atoms with E-state index >= 15 is 0 Å². The van der Waals surface area contributed by atoms with Gasteiger partial charge in [0.2, 0.25) is 0 Å². The molecular weight excluding hydrogens is 238 g/mol. The minimum atomic E-state index is -0.187. The Labute approximate surface area is 115 Å². The van der Waals surface area contributed by atoms with E-state index in [1.807, 2.05) is 13.0 Å². The molecule has 0 radical (unpaired) electrons. The molecule has 0 unspecified atom stereocenters. The first-order valence-corrected chi connectivity index (χ1v) is 7.29. The molecule has 0 amide bonds. The standard InChI is InChI=1S/C15H25N3O/c1-11(2)14-16-12(3)9-13(17-14)18-15(10-19)7-5-4-6-8-15/h9,11,19H,4-8,10H2,1-3H3,(H,16,17,18). The second-order valence-corrected chi connectivity index (χ2v) is 6.03. The van der Waals surface area contributed by atoms with Crippen molar-refractivity contribution in [3.8, 4) is 0 Å². The smallest absolute Gasteiger partial charge is 0.133 e. The third-order valence-corrected chi connectivity index (χ3v) is 3.89. The third-order valence-electron chi connectivity index (χ3n) is 3.89. The van der Waals surface area contributed by atoms with Crippen molar-refractivity contribution in [2.75, 3.05) is 11.9 Å². The van der Waals surface area contributed by atoms with E-state index in [0.29, 0.717) is 5.92 Å². The van der Waals surface area contributed by atoms with Gasteiger partial charge < -0.3 is 10.4 Å². The normalized spacial score (nSPS) is 18.6. The highest BCUT2D eigenvalue weighted by atomic mass is 16.3. The molecule has 1 heterocycles. The van der Waals surface area contributed by atoms with Crippen LogP contribution < -0.4 is 5.32 Å². The van der Waals surface area contributed by atoms with Crippen LogP contribution in [-0.4, -0.2) is 27.2 Å². The maximum Gasteiger partial charge on any atom is 0.133 e. The molecule has 1 saturated carbocycles. The van der Waals surface area contributed by atoms with Gasteiger partial charge in [0.1, 0.15) is 11.6 Å². The molecule has 4 heteroatoms. The summed E-state index contributed by atoms with van der Waals surface area (Å²) in [6, 6.07) is 1.97. The largest absolute Gasteiger partial charge is 0.394 e. The summed E-state index contributed by atoms with van der Waals surface area (Å²) in [6.07, 6.45) is 5.65. The molecular formula is C15H25N3O. The predicted octanol–water partition coefficient (Wildman–Crippen LogP) is 3.02. The maximum atomic E-state index is 9.74. The summed E-state index contributed by atoms with van der Waals surface area (Å²) in [4.78, 5) is 9.05. The second-order valence-electron chi connectivity index (χ2n) is 6.03. The predicted molar refractivity (Wildman–Crippen MR) is 77.4 cm³/mol. The summed E-state index contributed by atoms with van der Waals surface area (Å²) in [5, 5.41) is 13.2. The quantitative estimate of drug-likeness (QED) is 0.876. The number of nitrogens with one attached hydrogen (secondary N) is 1. The molecule has 0 atom stereocenters. The van der Waals surface area contributed by atoms with Crippen LogP contribution in [0.3, 0.4) is 0 Å². The lowest BCUT2D eigenvalue weighted by atomic mass is 9.82. The highest BCUT2D eigenvalue weighted by Crippen LogP contribution is 2.31. The first kappa shape index (κ1) is 14.3. The third kappa shape index (κ3) is 3.44. The van der Waals surface area contributed by atoms with E-state index < -0.39 is 0 Å². The highest BCUT2D eigenvalue weighted by Gasteiger charge is 2.31. The van der Waals surface area contributed by atoms with Crippen molar-refractivity contribution in [2.45, 2.75) is 64.3 Å². The number of aliphatic hydroxyl groups is 1. The number of aliphatic hydroxyl groups excluding tert-OH is 1. The minimum absolute atomic E-state index is 0.174. The van der Waals surface area contributed by atoms with Crippen molar-refractivity contribution in [1.82, 2.24) is 9.97 Å². The van der Waals surface area contributed by atoms with Gasteiger partial charge in [0.15, 0.2) is 0 Å². The number of hydrogen-bond donors (Lipinski definition) is 2. The van der Waals surface area contributed by atoms with E-state index in [1.165, 1.54) is 19.3 Å². The molecule has 0 aliphatic heterocycles. The van der Waals surface area contributed by atoms with Gasteiger partial charge in [-0.05, 0) is 19.8 Å². The van der Waals surface area contributed by atoms with Gasteiger partial charge in [-0.1, -0.05) is 33.1 Å². The fraction of sp³-hybridized carbons (Fsp3) is 0.733. The van der Waals surface area contributed by atoms with Crippen molar-refractivity contribution in [3.05, 3.63) is 17.6 Å². The fourth-order valence-corrected chi connectivity index (χ4v) is 2.74. The Hall–Kier alpha value is -1.16. The number of aromatic nitrogens is 2. The summed E-state index contributed by atoms with van der Waals surface area (Å²) < 4.78 is 0. The van der Waals surface area contributed by atoms with Crippen molar-refractivity contribution in [2.24, 2.45) is 0 Å². The molecule has 2 rings (SSSR count). The summed E-state index contributed by atoms with van der Waals surface area (Å²) >= 11 is 0. The first-order valence-electron chi connectivity index (χ1n) is 7.29. The SMILES string of the molecule is Cc1cc(NC2(CO)CCCCC2)nc(C(C)C)n1. The number of hydrogen-bond acceptors (Lipinski definition) is 4. The molecule has 2 N–H and O–H groups in total. The van der Waals surface area contributed by atoms with Crippen molar-refractivity contribution < 1.29 is 5.11 Å². The van der Waals surface area contributed by atoms with Crippen LogP contribution in [0.15, 0.2) is 6.07 Å². The Morgan fingerprint density at radius 3 is 2.53 bits per heavy atom. The Balaban J connectivity index is 2.21. The molecule has 1 aromatic rings. The van der Waals surface area contributed by atoms with Gasteiger partial charge in [-0.3, -0.25) is 0 Å². The topological polar surface area (TPSA) is 58.0 Å². The zero-order valence-electron chi connectivity index (χ0n) is 12.2. The molecule has 0 bridgehead atoms. The molecule has 1 aliphatic rings. The number of rotatable bonds is 4. The molecule has 0 aromatic carbocycles. The lowest BCUT2D eigenvalue weighted by Crippen LogP contribution is -2.44. The number of anilines is 1. The summed E-state index contributed by atoms with van der Waals surface area (Å²) in [7, 11) is 0. The average Bonchev–Trinajstić information content (AvgIpc) is 2.39. The van der Waals surface area contributed by atoms with Crippen LogP contribution >= 0.6 is 0 Å². The molecule has 1 aliphatic carbocycles. The number of aryl methyl sites for hydroxylation is 1. The van der Waals surface area contributed by atoms with Crippen LogP contribution in [0.1, 0.15) is 63.4 Å². The minimum Gasteiger partial charge on any atom is -0.394 e. The summed E-state index contributed by atoms with van der Waals surface area (Å²) in [6.45, 7) is 6.36. The number of nitrogens with zero attached hydrogens (tertiary/aromatic N) is 2. The lowest BCUT2D eigenvalue weighted by Gasteiger charge is -2.37. The van der Waals surface area contributed by atoms with Gasteiger partial charge in [0, 0.05) is 17.7 Å². The van der Waals surface area contributed by atoms with Crippen LogP contribution in [-0.2, 0) is 0 Å². The molecule has 106 valence electrons. The van der Waals surface area contributed by atoms with Gasteiger partial charge in [-0.15, -0.1) is 0 Å². The van der Waals surface area contributed by atoms with Crippen LogP contribution in [0, 0.1) is 6.92 Å². The molecule has 0 spiro atoms. The van der Waals surface area contributed by atoms with Gasteiger partial charge >= 0.3 is 0 Å². The summed E-state index contributed by atoms with van der Waals surface area (Å²) in [5.74, 6) is 2.04. The van der Waals surface area contributed by atoms with Crippen molar-refractivity contribution in [3.63, 3.8) is 0 Å². The average molecular weight is 263 g/mol. The fourth-order valence-electron chi connectivity index (χ4n) is 2.74. The van der Waals surface area contributed by atoms with Crippen LogP contribution in [0.5, 0.6) is 0 Å². The van der Waals surface area contributed by atoms with E-state index in [-0.39, 0.29) is 12.1 Å². The monoisotopic (exact) mass is 263 g/mol. The maximum absolute atomic E-state index is 9.74. The molecule has 1 aromatic heterocycles. The molecule has 0 saturated heterocycles. The van der Waals surface area contributed by atoms with Crippen molar-refractivity contribution in [1.29, 1.82) is 0 Å². The zero-order valence-corrected chi connectivity index (χ0v) is 12.2. The van der Waals surface area contributed by atoms with Crippen LogP contribution in [0.4, 0.5) is 5.82 Å². The Morgan fingerprint density at radius 1 is 1.26 bits per heavy atom. The molecule has 1 fully saturated rings. The highest BCUT2D eigenvalue weighted by molar-refractivity contribution is 5.39. The Bertz CT molecular complexity index is 425. The Kier molecular flexibility index (Phi) is 4.40.